The molecule has 0 amide bonds. The normalized spacial score (nSPS) is 15.4. The third-order valence-corrected chi connectivity index (χ3v) is 4.59. The molecule has 0 radical (unpaired) electrons. The van der Waals surface area contributed by atoms with Crippen molar-refractivity contribution >= 4 is 29.6 Å². The van der Waals surface area contributed by atoms with E-state index in [9.17, 15) is 14.4 Å². The quantitative estimate of drug-likeness (QED) is 0.480. The van der Waals surface area contributed by atoms with E-state index in [4.69, 9.17) is 9.84 Å². The molecule has 1 heterocycles. The van der Waals surface area contributed by atoms with E-state index in [1.165, 1.54) is 12.1 Å². The number of benzene rings is 1. The van der Waals surface area contributed by atoms with Gasteiger partial charge in [0.25, 0.3) is 0 Å². The van der Waals surface area contributed by atoms with Crippen molar-refractivity contribution in [3.8, 4) is 0 Å². The molecule has 0 saturated carbocycles. The first-order valence-corrected chi connectivity index (χ1v) is 8.87. The maximum Gasteiger partial charge on any atom is 0.348 e. The number of carboxylic acids is 1. The number of anilines is 2. The number of aldehydes is 1. The lowest BCUT2D eigenvalue weighted by Gasteiger charge is -2.35. The maximum absolute atomic E-state index is 11.2. The van der Waals surface area contributed by atoms with Gasteiger partial charge in [0.15, 0.2) is 12.4 Å². The molecule has 1 fully saturated rings. The number of hydrogen-bond acceptors (Lipinski definition) is 7. The van der Waals surface area contributed by atoms with E-state index in [2.05, 4.69) is 22.6 Å². The Kier molecular flexibility index (Phi) is 7.18. The van der Waals surface area contributed by atoms with Gasteiger partial charge in [-0.15, -0.1) is 0 Å². The molecule has 148 valence electrons. The number of carboxylic acid groups (broad SMARTS) is 1. The van der Waals surface area contributed by atoms with E-state index in [0.717, 1.165) is 31.3 Å². The number of esters is 1. The summed E-state index contributed by atoms with van der Waals surface area (Å²) in [5.74, 6) is -2.21. The monoisotopic (exact) mass is 378 g/mol. The number of hydrogen-bond donors (Lipinski definition) is 1. The Morgan fingerprint density at radius 1 is 1.37 bits per heavy atom. The molecule has 1 N–H and O–H groups in total. The van der Waals surface area contributed by atoms with Crippen LogP contribution in [0.3, 0.4) is 0 Å². The molecule has 1 saturated heterocycles. The summed E-state index contributed by atoms with van der Waals surface area (Å²) in [6.45, 7) is 5.82. The van der Waals surface area contributed by atoms with Crippen LogP contribution in [0.25, 0.3) is 0 Å². The minimum atomic E-state index is -1.65. The summed E-state index contributed by atoms with van der Waals surface area (Å²) in [6.07, 6.45) is -1.46. The standard InChI is InChI=1S/C19H26N2O6/c1-13-15(6-4-7-16(13)21-8-5-9-21)20(3)10-11-26-17(12-22)18(19(24)25)27-14(2)23/h4,6-7,12,17-18H,5,8-11H2,1-3H3,(H,24,25)/t17-,18+/m0/s1. The van der Waals surface area contributed by atoms with Crippen molar-refractivity contribution in [3.05, 3.63) is 23.8 Å². The zero-order valence-electron chi connectivity index (χ0n) is 15.9. The predicted octanol–water partition coefficient (Wildman–Crippen LogP) is 1.24. The number of carbonyl (C=O) groups excluding carboxylic acids is 2. The molecule has 2 rings (SSSR count). The maximum atomic E-state index is 11.2. The van der Waals surface area contributed by atoms with Crippen LogP contribution in [-0.2, 0) is 23.9 Å². The van der Waals surface area contributed by atoms with Crippen molar-refractivity contribution in [1.29, 1.82) is 0 Å². The van der Waals surface area contributed by atoms with Crippen molar-refractivity contribution in [2.45, 2.75) is 32.5 Å². The number of ether oxygens (including phenoxy) is 2. The molecule has 27 heavy (non-hydrogen) atoms. The van der Waals surface area contributed by atoms with Crippen LogP contribution in [0.5, 0.6) is 0 Å². The molecular weight excluding hydrogens is 352 g/mol. The Morgan fingerprint density at radius 2 is 2.07 bits per heavy atom. The lowest BCUT2D eigenvalue weighted by atomic mass is 10.1. The summed E-state index contributed by atoms with van der Waals surface area (Å²) in [5, 5.41) is 9.13. The van der Waals surface area contributed by atoms with Gasteiger partial charge in [0.05, 0.1) is 6.61 Å². The van der Waals surface area contributed by atoms with E-state index < -0.39 is 24.1 Å². The molecule has 8 heteroatoms. The Bertz CT molecular complexity index is 689. The molecule has 0 spiro atoms. The minimum Gasteiger partial charge on any atom is -0.478 e. The van der Waals surface area contributed by atoms with Gasteiger partial charge in [-0.25, -0.2) is 4.79 Å². The molecule has 0 aliphatic carbocycles. The van der Waals surface area contributed by atoms with E-state index in [0.29, 0.717) is 12.8 Å². The van der Waals surface area contributed by atoms with Gasteiger partial charge >= 0.3 is 11.9 Å². The number of aliphatic carboxylic acids is 1. The van der Waals surface area contributed by atoms with Gasteiger partial charge in [-0.2, -0.15) is 0 Å². The fourth-order valence-corrected chi connectivity index (χ4v) is 3.01. The second kappa shape index (κ2) is 9.36. The van der Waals surface area contributed by atoms with Gasteiger partial charge in [0, 0.05) is 45.0 Å². The van der Waals surface area contributed by atoms with Gasteiger partial charge in [-0.1, -0.05) is 6.07 Å². The Labute approximate surface area is 158 Å². The lowest BCUT2D eigenvalue weighted by molar-refractivity contribution is -0.173. The van der Waals surface area contributed by atoms with Crippen LogP contribution in [0, 0.1) is 6.92 Å². The molecule has 1 aliphatic heterocycles. The van der Waals surface area contributed by atoms with E-state index in [1.807, 2.05) is 24.1 Å². The van der Waals surface area contributed by atoms with Crippen LogP contribution < -0.4 is 9.80 Å². The molecular formula is C19H26N2O6. The first-order valence-electron chi connectivity index (χ1n) is 8.87. The summed E-state index contributed by atoms with van der Waals surface area (Å²) in [4.78, 5) is 37.7. The predicted molar refractivity (Wildman–Crippen MR) is 100 cm³/mol. The van der Waals surface area contributed by atoms with Crippen LogP contribution in [0.2, 0.25) is 0 Å². The average molecular weight is 378 g/mol. The summed E-state index contributed by atoms with van der Waals surface area (Å²) < 4.78 is 10.1. The highest BCUT2D eigenvalue weighted by Gasteiger charge is 2.32. The first kappa shape index (κ1) is 20.7. The zero-order valence-corrected chi connectivity index (χ0v) is 15.9. The van der Waals surface area contributed by atoms with Crippen molar-refractivity contribution in [2.75, 3.05) is 43.1 Å². The second-order valence-corrected chi connectivity index (χ2v) is 6.52. The highest BCUT2D eigenvalue weighted by atomic mass is 16.6. The Hall–Kier alpha value is -2.61. The van der Waals surface area contributed by atoms with Crippen molar-refractivity contribution < 1.29 is 29.0 Å². The zero-order chi connectivity index (χ0) is 20.0. The summed E-state index contributed by atoms with van der Waals surface area (Å²) in [7, 11) is 1.91. The third-order valence-electron chi connectivity index (χ3n) is 4.59. The summed E-state index contributed by atoms with van der Waals surface area (Å²) >= 11 is 0. The molecule has 1 aromatic rings. The minimum absolute atomic E-state index is 0.109. The van der Waals surface area contributed by atoms with E-state index in [-0.39, 0.29) is 6.61 Å². The largest absolute Gasteiger partial charge is 0.478 e. The van der Waals surface area contributed by atoms with Gasteiger partial charge in [-0.05, 0) is 31.0 Å². The Balaban J connectivity index is 1.96. The lowest BCUT2D eigenvalue weighted by Crippen LogP contribution is -2.41. The number of rotatable bonds is 10. The summed E-state index contributed by atoms with van der Waals surface area (Å²) in [6, 6.07) is 6.11. The highest BCUT2D eigenvalue weighted by Crippen LogP contribution is 2.31. The van der Waals surface area contributed by atoms with Gasteiger partial charge in [0.1, 0.15) is 0 Å². The molecule has 0 aromatic heterocycles. The molecule has 1 aliphatic rings. The van der Waals surface area contributed by atoms with Crippen LogP contribution >= 0.6 is 0 Å². The number of carbonyl (C=O) groups is 3. The van der Waals surface area contributed by atoms with Gasteiger partial charge in [-0.3, -0.25) is 4.79 Å². The molecule has 1 aromatic carbocycles. The third kappa shape index (κ3) is 5.19. The van der Waals surface area contributed by atoms with Gasteiger partial charge in [0.2, 0.25) is 6.10 Å². The highest BCUT2D eigenvalue weighted by molar-refractivity contribution is 5.81. The van der Waals surface area contributed by atoms with Crippen LogP contribution in [-0.4, -0.2) is 68.8 Å². The SMILES string of the molecule is CC(=O)O[C@@H](C(=O)O)[C@H](C=O)OCCN(C)c1cccc(N2CCC2)c1C. The van der Waals surface area contributed by atoms with Crippen molar-refractivity contribution in [1.82, 2.24) is 0 Å². The molecule has 8 nitrogen and oxygen atoms in total. The van der Waals surface area contributed by atoms with E-state index in [1.54, 1.807) is 0 Å². The average Bonchev–Trinajstić information content (AvgIpc) is 2.56. The number of nitrogens with zero attached hydrogens (tertiary/aromatic N) is 2. The molecule has 0 bridgehead atoms. The Morgan fingerprint density at radius 3 is 2.59 bits per heavy atom. The van der Waals surface area contributed by atoms with Crippen LogP contribution in [0.1, 0.15) is 18.9 Å². The van der Waals surface area contributed by atoms with Crippen molar-refractivity contribution in [2.24, 2.45) is 0 Å². The van der Waals surface area contributed by atoms with Crippen LogP contribution in [0.15, 0.2) is 18.2 Å². The smallest absolute Gasteiger partial charge is 0.348 e. The van der Waals surface area contributed by atoms with Gasteiger partial charge < -0.3 is 29.2 Å². The molecule has 2 atom stereocenters. The fraction of sp³-hybridized carbons (Fsp3) is 0.526. The summed E-state index contributed by atoms with van der Waals surface area (Å²) in [5.41, 5.74) is 3.41. The van der Waals surface area contributed by atoms with Crippen LogP contribution in [0.4, 0.5) is 11.4 Å². The fourth-order valence-electron chi connectivity index (χ4n) is 3.01. The molecule has 0 unspecified atom stereocenters. The van der Waals surface area contributed by atoms with E-state index >= 15 is 0 Å². The topological polar surface area (TPSA) is 96.4 Å². The van der Waals surface area contributed by atoms with Crippen molar-refractivity contribution in [3.63, 3.8) is 0 Å². The second-order valence-electron chi connectivity index (χ2n) is 6.52. The number of likely N-dealkylation sites (N-methyl/N-ethyl adjacent to an activating group) is 1. The first-order chi connectivity index (χ1) is 12.8.